The van der Waals surface area contributed by atoms with E-state index in [4.69, 9.17) is 9.52 Å². The highest BCUT2D eigenvalue weighted by molar-refractivity contribution is 5.84. The van der Waals surface area contributed by atoms with E-state index in [1.54, 1.807) is 18.5 Å². The molecule has 2 aromatic heterocycles. The van der Waals surface area contributed by atoms with Crippen LogP contribution in [0.5, 0.6) is 0 Å². The molecule has 13 heavy (non-hydrogen) atoms. The first-order valence-corrected chi connectivity index (χ1v) is 3.59. The standard InChI is InChI=1S/C8H6N2O3/c11-8(12)6-4-10-7(13-6)5-1-2-9-3-5/h1-4,9H,(H,11,12). The Morgan fingerprint density at radius 3 is 3.00 bits per heavy atom. The molecule has 0 aliphatic heterocycles. The third-order valence-corrected chi connectivity index (χ3v) is 1.56. The number of aromatic amines is 1. The quantitative estimate of drug-likeness (QED) is 0.727. The van der Waals surface area contributed by atoms with Gasteiger partial charge in [-0.05, 0) is 6.07 Å². The van der Waals surface area contributed by atoms with Crippen LogP contribution in [0.1, 0.15) is 10.6 Å². The molecule has 0 atom stereocenters. The predicted octanol–water partition coefficient (Wildman–Crippen LogP) is 1.37. The summed E-state index contributed by atoms with van der Waals surface area (Å²) in [5.74, 6) is -0.968. The minimum Gasteiger partial charge on any atom is -0.475 e. The first-order valence-electron chi connectivity index (χ1n) is 3.59. The SMILES string of the molecule is O=C(O)c1cnc(-c2cc[nH]c2)o1. The zero-order chi connectivity index (χ0) is 9.26. The Morgan fingerprint density at radius 2 is 2.46 bits per heavy atom. The second-order valence-corrected chi connectivity index (χ2v) is 2.43. The van der Waals surface area contributed by atoms with Crippen LogP contribution in [-0.4, -0.2) is 21.0 Å². The fourth-order valence-corrected chi connectivity index (χ4v) is 0.963. The molecule has 0 aliphatic rings. The summed E-state index contributed by atoms with van der Waals surface area (Å²) in [5, 5.41) is 8.55. The number of aromatic carboxylic acids is 1. The van der Waals surface area contributed by atoms with E-state index in [9.17, 15) is 4.79 Å². The highest BCUT2D eigenvalue weighted by Crippen LogP contribution is 2.17. The van der Waals surface area contributed by atoms with Gasteiger partial charge in [-0.1, -0.05) is 0 Å². The monoisotopic (exact) mass is 178 g/mol. The Morgan fingerprint density at radius 1 is 1.62 bits per heavy atom. The Labute approximate surface area is 73.0 Å². The highest BCUT2D eigenvalue weighted by Gasteiger charge is 2.11. The lowest BCUT2D eigenvalue weighted by Gasteiger charge is -1.86. The molecular weight excluding hydrogens is 172 g/mol. The van der Waals surface area contributed by atoms with Gasteiger partial charge >= 0.3 is 5.97 Å². The topological polar surface area (TPSA) is 79.1 Å². The van der Waals surface area contributed by atoms with Gasteiger partial charge < -0.3 is 14.5 Å². The molecule has 2 rings (SSSR count). The number of nitrogens with one attached hydrogen (secondary N) is 1. The van der Waals surface area contributed by atoms with E-state index in [-0.39, 0.29) is 5.76 Å². The maximum absolute atomic E-state index is 10.4. The van der Waals surface area contributed by atoms with Crippen molar-refractivity contribution in [1.29, 1.82) is 0 Å². The summed E-state index contributed by atoms with van der Waals surface area (Å²) in [6.45, 7) is 0. The van der Waals surface area contributed by atoms with Crippen molar-refractivity contribution < 1.29 is 14.3 Å². The van der Waals surface area contributed by atoms with Crippen LogP contribution in [0.3, 0.4) is 0 Å². The number of rotatable bonds is 2. The van der Waals surface area contributed by atoms with Gasteiger partial charge in [-0.25, -0.2) is 9.78 Å². The molecule has 0 radical (unpaired) electrons. The van der Waals surface area contributed by atoms with Crippen molar-refractivity contribution in [2.45, 2.75) is 0 Å². The lowest BCUT2D eigenvalue weighted by atomic mass is 10.3. The Kier molecular flexibility index (Phi) is 1.63. The van der Waals surface area contributed by atoms with E-state index in [2.05, 4.69) is 9.97 Å². The number of H-pyrrole nitrogens is 1. The van der Waals surface area contributed by atoms with Crippen LogP contribution < -0.4 is 0 Å². The molecule has 66 valence electrons. The maximum atomic E-state index is 10.4. The lowest BCUT2D eigenvalue weighted by Crippen LogP contribution is -1.91. The number of carboxylic acid groups (broad SMARTS) is 1. The van der Waals surface area contributed by atoms with Gasteiger partial charge in [0.05, 0.1) is 11.8 Å². The Bertz CT molecular complexity index is 416. The molecule has 0 aliphatic carbocycles. The van der Waals surface area contributed by atoms with Gasteiger partial charge in [-0.3, -0.25) is 0 Å². The normalized spacial score (nSPS) is 10.2. The third-order valence-electron chi connectivity index (χ3n) is 1.56. The molecule has 5 nitrogen and oxygen atoms in total. The van der Waals surface area contributed by atoms with E-state index < -0.39 is 5.97 Å². The summed E-state index contributed by atoms with van der Waals surface area (Å²) in [7, 11) is 0. The second kappa shape index (κ2) is 2.78. The van der Waals surface area contributed by atoms with Crippen molar-refractivity contribution >= 4 is 5.97 Å². The molecule has 0 unspecified atom stereocenters. The number of carbonyl (C=O) groups is 1. The smallest absolute Gasteiger partial charge is 0.373 e. The van der Waals surface area contributed by atoms with Gasteiger partial charge in [0.15, 0.2) is 0 Å². The number of carboxylic acids is 1. The molecule has 0 amide bonds. The highest BCUT2D eigenvalue weighted by atomic mass is 16.4. The van der Waals surface area contributed by atoms with Crippen LogP contribution in [0.4, 0.5) is 0 Å². The van der Waals surface area contributed by atoms with Crippen LogP contribution >= 0.6 is 0 Å². The van der Waals surface area contributed by atoms with Gasteiger partial charge in [0.1, 0.15) is 0 Å². The Balaban J connectivity index is 2.39. The fourth-order valence-electron chi connectivity index (χ4n) is 0.963. The largest absolute Gasteiger partial charge is 0.475 e. The van der Waals surface area contributed by atoms with Gasteiger partial charge in [0, 0.05) is 12.4 Å². The lowest BCUT2D eigenvalue weighted by molar-refractivity contribution is 0.0663. The third kappa shape index (κ3) is 1.31. The summed E-state index contributed by atoms with van der Waals surface area (Å²) in [4.78, 5) is 17.1. The zero-order valence-electron chi connectivity index (χ0n) is 6.52. The summed E-state index contributed by atoms with van der Waals surface area (Å²) in [5.41, 5.74) is 0.729. The molecule has 2 aromatic rings. The van der Waals surface area contributed by atoms with E-state index >= 15 is 0 Å². The van der Waals surface area contributed by atoms with E-state index in [1.165, 1.54) is 6.20 Å². The van der Waals surface area contributed by atoms with Crippen LogP contribution in [0.25, 0.3) is 11.5 Å². The Hall–Kier alpha value is -2.04. The van der Waals surface area contributed by atoms with Gasteiger partial charge in [-0.2, -0.15) is 0 Å². The molecule has 5 heteroatoms. The summed E-state index contributed by atoms with van der Waals surface area (Å²) < 4.78 is 4.96. The van der Waals surface area contributed by atoms with E-state index in [0.717, 1.165) is 5.56 Å². The molecule has 0 spiro atoms. The molecule has 0 fully saturated rings. The first-order chi connectivity index (χ1) is 6.27. The van der Waals surface area contributed by atoms with Crippen molar-refractivity contribution in [1.82, 2.24) is 9.97 Å². The van der Waals surface area contributed by atoms with E-state index in [1.807, 2.05) is 0 Å². The number of hydrogen-bond donors (Lipinski definition) is 2. The van der Waals surface area contributed by atoms with Crippen molar-refractivity contribution in [3.8, 4) is 11.5 Å². The van der Waals surface area contributed by atoms with Crippen molar-refractivity contribution in [2.24, 2.45) is 0 Å². The van der Waals surface area contributed by atoms with Crippen LogP contribution in [-0.2, 0) is 0 Å². The van der Waals surface area contributed by atoms with Gasteiger partial charge in [-0.15, -0.1) is 0 Å². The average Bonchev–Trinajstić information content (AvgIpc) is 2.75. The fraction of sp³-hybridized carbons (Fsp3) is 0. The predicted molar refractivity (Wildman–Crippen MR) is 43.2 cm³/mol. The van der Waals surface area contributed by atoms with Crippen molar-refractivity contribution in [2.75, 3.05) is 0 Å². The summed E-state index contributed by atoms with van der Waals surface area (Å²) in [6.07, 6.45) is 4.57. The van der Waals surface area contributed by atoms with Crippen LogP contribution in [0.15, 0.2) is 29.1 Å². The van der Waals surface area contributed by atoms with Crippen LogP contribution in [0.2, 0.25) is 0 Å². The molecule has 0 aromatic carbocycles. The zero-order valence-corrected chi connectivity index (χ0v) is 6.52. The second-order valence-electron chi connectivity index (χ2n) is 2.43. The number of aromatic nitrogens is 2. The number of nitrogens with zero attached hydrogens (tertiary/aromatic N) is 1. The minimum absolute atomic E-state index is 0.156. The van der Waals surface area contributed by atoms with Crippen molar-refractivity contribution in [3.63, 3.8) is 0 Å². The maximum Gasteiger partial charge on any atom is 0.373 e. The molecule has 0 saturated heterocycles. The van der Waals surface area contributed by atoms with E-state index in [0.29, 0.717) is 5.89 Å². The average molecular weight is 178 g/mol. The molecular formula is C8H6N2O3. The molecule has 2 N–H and O–H groups in total. The molecule has 0 bridgehead atoms. The van der Waals surface area contributed by atoms with Gasteiger partial charge in [0.2, 0.25) is 11.7 Å². The number of hydrogen-bond acceptors (Lipinski definition) is 3. The summed E-state index contributed by atoms with van der Waals surface area (Å²) in [6, 6.07) is 1.75. The number of oxazole rings is 1. The van der Waals surface area contributed by atoms with Gasteiger partial charge in [0.25, 0.3) is 0 Å². The summed E-state index contributed by atoms with van der Waals surface area (Å²) >= 11 is 0. The minimum atomic E-state index is -1.12. The first kappa shape index (κ1) is 7.60. The molecule has 0 saturated carbocycles. The van der Waals surface area contributed by atoms with Crippen LogP contribution in [0, 0.1) is 0 Å². The van der Waals surface area contributed by atoms with Crippen molar-refractivity contribution in [3.05, 3.63) is 30.4 Å². The molecule has 2 heterocycles.